The summed E-state index contributed by atoms with van der Waals surface area (Å²) < 4.78 is 97.5. The molecule has 1 aromatic rings. The van der Waals surface area contributed by atoms with Crippen molar-refractivity contribution in [3.63, 3.8) is 0 Å². The summed E-state index contributed by atoms with van der Waals surface area (Å²) in [4.78, 5) is 23.7. The highest BCUT2D eigenvalue weighted by Gasteiger charge is 2.46. The van der Waals surface area contributed by atoms with Gasteiger partial charge in [-0.25, -0.2) is 4.79 Å². The average Bonchev–Trinajstić information content (AvgIpc) is 2.61. The van der Waals surface area contributed by atoms with Crippen molar-refractivity contribution in [2.24, 2.45) is 0 Å². The van der Waals surface area contributed by atoms with Crippen molar-refractivity contribution >= 4 is 23.5 Å². The molecule has 0 bridgehead atoms. The average molecular weight is 472 g/mol. The molecule has 1 amide bonds. The second-order valence-electron chi connectivity index (χ2n) is 5.93. The van der Waals surface area contributed by atoms with E-state index in [2.05, 4.69) is 15.6 Å². The van der Waals surface area contributed by atoms with Crippen LogP contribution in [0.4, 0.5) is 35.1 Å². The number of aliphatic carboxylic acids is 1. The third kappa shape index (κ3) is 7.23. The van der Waals surface area contributed by atoms with Crippen LogP contribution in [-0.4, -0.2) is 47.3 Å². The lowest BCUT2D eigenvalue weighted by molar-refractivity contribution is -0.192. The van der Waals surface area contributed by atoms with Gasteiger partial charge in [0.25, 0.3) is 5.91 Å². The lowest BCUT2D eigenvalue weighted by atomic mass is 10.1. The quantitative estimate of drug-likeness (QED) is 0.588. The normalized spacial score (nSPS) is 15.8. The van der Waals surface area contributed by atoms with Gasteiger partial charge in [-0.3, -0.25) is 9.78 Å². The van der Waals surface area contributed by atoms with Crippen LogP contribution in [0.15, 0.2) is 12.3 Å². The van der Waals surface area contributed by atoms with Gasteiger partial charge in [0.15, 0.2) is 0 Å². The monoisotopic (exact) mass is 471 g/mol. The zero-order valence-corrected chi connectivity index (χ0v) is 15.4. The van der Waals surface area contributed by atoms with Crippen molar-refractivity contribution in [1.29, 1.82) is 0 Å². The number of carbonyl (C=O) groups is 2. The fraction of sp³-hybridized carbons (Fsp3) is 0.533. The number of pyridine rings is 1. The van der Waals surface area contributed by atoms with E-state index in [1.807, 2.05) is 0 Å². The van der Waals surface area contributed by atoms with Gasteiger partial charge in [0.2, 0.25) is 0 Å². The number of halogens is 9. The SMILES string of the molecule is O=C(NC1CCNCC1)C(F)(F)c1ncc(C(F)(F)F)cc1Cl.O=C(O)C(F)(F)F. The third-order valence-corrected chi connectivity index (χ3v) is 3.96. The van der Waals surface area contributed by atoms with Crippen LogP contribution < -0.4 is 10.6 Å². The Morgan fingerprint density at radius 3 is 2.00 bits per heavy atom. The zero-order valence-electron chi connectivity index (χ0n) is 14.7. The number of nitrogens with one attached hydrogen (secondary N) is 2. The maximum atomic E-state index is 14.1. The Morgan fingerprint density at radius 2 is 1.60 bits per heavy atom. The number of hydrogen-bond donors (Lipinski definition) is 3. The van der Waals surface area contributed by atoms with Gasteiger partial charge in [-0.05, 0) is 32.0 Å². The molecular weight excluding hydrogens is 458 g/mol. The number of alkyl halides is 8. The van der Waals surface area contributed by atoms with Crippen molar-refractivity contribution < 1.29 is 49.8 Å². The second-order valence-corrected chi connectivity index (χ2v) is 6.33. The first-order chi connectivity index (χ1) is 13.6. The van der Waals surface area contributed by atoms with Crippen molar-refractivity contribution in [2.75, 3.05) is 13.1 Å². The smallest absolute Gasteiger partial charge is 0.475 e. The van der Waals surface area contributed by atoms with E-state index in [4.69, 9.17) is 21.5 Å². The largest absolute Gasteiger partial charge is 0.490 e. The first kappa shape index (κ1) is 25.8. The van der Waals surface area contributed by atoms with Crippen molar-refractivity contribution in [1.82, 2.24) is 15.6 Å². The molecule has 15 heteroatoms. The molecule has 1 fully saturated rings. The Labute approximate surface area is 168 Å². The molecule has 1 aromatic heterocycles. The molecule has 1 aliphatic heterocycles. The minimum atomic E-state index is -5.08. The molecule has 1 saturated heterocycles. The molecule has 0 unspecified atom stereocenters. The Kier molecular flexibility index (Phi) is 8.37. The van der Waals surface area contributed by atoms with E-state index in [0.29, 0.717) is 32.0 Å². The van der Waals surface area contributed by atoms with Crippen LogP contribution in [0, 0.1) is 0 Å². The molecule has 1 aliphatic rings. The van der Waals surface area contributed by atoms with Crippen LogP contribution in [0.3, 0.4) is 0 Å². The summed E-state index contributed by atoms with van der Waals surface area (Å²) in [6.45, 7) is 1.16. The number of rotatable bonds is 3. The van der Waals surface area contributed by atoms with Crippen molar-refractivity contribution in [3.05, 3.63) is 28.5 Å². The molecule has 3 N–H and O–H groups in total. The zero-order chi connectivity index (χ0) is 23.3. The van der Waals surface area contributed by atoms with E-state index in [9.17, 15) is 39.9 Å². The molecular formula is C15H14ClF8N3O3. The Balaban J connectivity index is 0.000000553. The van der Waals surface area contributed by atoms with Gasteiger partial charge < -0.3 is 15.7 Å². The number of amides is 1. The Morgan fingerprint density at radius 1 is 1.10 bits per heavy atom. The standard InChI is InChI=1S/C13H13ClF5N3O.C2HF3O2/c14-9-5-7(13(17,18)19)6-21-10(9)12(15,16)11(23)22-8-1-3-20-4-2-8;3-2(4,5)1(6)7/h5-6,8,20H,1-4H2,(H,22,23);(H,6,7). The fourth-order valence-corrected chi connectivity index (χ4v) is 2.46. The van der Waals surface area contributed by atoms with E-state index in [1.54, 1.807) is 0 Å². The number of hydrogen-bond acceptors (Lipinski definition) is 4. The van der Waals surface area contributed by atoms with Gasteiger partial charge >= 0.3 is 24.2 Å². The predicted molar refractivity (Wildman–Crippen MR) is 85.9 cm³/mol. The number of piperidine rings is 1. The second kappa shape index (κ2) is 9.73. The van der Waals surface area contributed by atoms with E-state index < -0.39 is 52.5 Å². The fourth-order valence-electron chi connectivity index (χ4n) is 2.17. The van der Waals surface area contributed by atoms with Gasteiger partial charge in [-0.1, -0.05) is 11.6 Å². The third-order valence-electron chi connectivity index (χ3n) is 3.67. The Hall–Kier alpha value is -2.22. The van der Waals surface area contributed by atoms with Crippen LogP contribution in [0.5, 0.6) is 0 Å². The molecule has 6 nitrogen and oxygen atoms in total. The van der Waals surface area contributed by atoms with Gasteiger partial charge in [-0.2, -0.15) is 35.1 Å². The van der Waals surface area contributed by atoms with Crippen LogP contribution in [0.1, 0.15) is 24.1 Å². The summed E-state index contributed by atoms with van der Waals surface area (Å²) in [6, 6.07) is -0.0989. The highest BCUT2D eigenvalue weighted by atomic mass is 35.5. The molecule has 2 rings (SSSR count). The van der Waals surface area contributed by atoms with Gasteiger partial charge in [0, 0.05) is 12.2 Å². The first-order valence-electron chi connectivity index (χ1n) is 7.99. The van der Waals surface area contributed by atoms with Crippen LogP contribution >= 0.6 is 11.6 Å². The van der Waals surface area contributed by atoms with E-state index in [-0.39, 0.29) is 6.20 Å². The minimum absolute atomic E-state index is 0.229. The van der Waals surface area contributed by atoms with E-state index in [0.717, 1.165) is 0 Å². The maximum absolute atomic E-state index is 14.1. The lowest BCUT2D eigenvalue weighted by Crippen LogP contribution is -2.48. The van der Waals surface area contributed by atoms with Crippen LogP contribution in [-0.2, 0) is 21.7 Å². The first-order valence-corrected chi connectivity index (χ1v) is 8.37. The molecule has 0 aromatic carbocycles. The van der Waals surface area contributed by atoms with Crippen LogP contribution in [0.2, 0.25) is 5.02 Å². The summed E-state index contributed by atoms with van der Waals surface area (Å²) >= 11 is 5.47. The molecule has 0 aliphatic carbocycles. The number of carboxylic acids is 1. The molecule has 170 valence electrons. The summed E-state index contributed by atoms with van der Waals surface area (Å²) in [5.41, 5.74) is -2.46. The molecule has 30 heavy (non-hydrogen) atoms. The highest BCUT2D eigenvalue weighted by molar-refractivity contribution is 6.31. The number of nitrogens with zero attached hydrogens (tertiary/aromatic N) is 1. The maximum Gasteiger partial charge on any atom is 0.490 e. The summed E-state index contributed by atoms with van der Waals surface area (Å²) in [5.74, 6) is -8.50. The summed E-state index contributed by atoms with van der Waals surface area (Å²) in [6.07, 6.45) is -8.65. The number of aromatic nitrogens is 1. The van der Waals surface area contributed by atoms with Gasteiger partial charge in [0.05, 0.1) is 10.6 Å². The van der Waals surface area contributed by atoms with Gasteiger partial charge in [0.1, 0.15) is 5.69 Å². The van der Waals surface area contributed by atoms with E-state index in [1.165, 1.54) is 0 Å². The highest BCUT2D eigenvalue weighted by Crippen LogP contribution is 2.36. The minimum Gasteiger partial charge on any atom is -0.475 e. The van der Waals surface area contributed by atoms with Gasteiger partial charge in [-0.15, -0.1) is 0 Å². The Bertz CT molecular complexity index is 764. The van der Waals surface area contributed by atoms with Crippen molar-refractivity contribution in [3.8, 4) is 0 Å². The van der Waals surface area contributed by atoms with Crippen molar-refractivity contribution in [2.45, 2.75) is 37.2 Å². The summed E-state index contributed by atoms with van der Waals surface area (Å²) in [5, 5.41) is 11.4. The van der Waals surface area contributed by atoms with E-state index >= 15 is 0 Å². The lowest BCUT2D eigenvalue weighted by Gasteiger charge is -2.26. The molecule has 0 radical (unpaired) electrons. The number of carbonyl (C=O) groups excluding carboxylic acids is 1. The summed E-state index contributed by atoms with van der Waals surface area (Å²) in [7, 11) is 0. The topological polar surface area (TPSA) is 91.3 Å². The molecule has 0 saturated carbocycles. The molecule has 0 spiro atoms. The predicted octanol–water partition coefficient (Wildman–Crippen LogP) is 3.35. The number of carboxylic acid groups (broad SMARTS) is 1. The van der Waals surface area contributed by atoms with Crippen LogP contribution in [0.25, 0.3) is 0 Å². The molecule has 2 heterocycles. The molecule has 0 atom stereocenters.